The molecule has 12 heavy (non-hydrogen) atoms. The second-order valence-electron chi connectivity index (χ2n) is 3.24. The van der Waals surface area contributed by atoms with Gasteiger partial charge in [0.1, 0.15) is 6.04 Å². The first-order valence-electron chi connectivity index (χ1n) is 4.19. The number of rotatable bonds is 2. The maximum atomic E-state index is 11.0. The quantitative estimate of drug-likeness (QED) is 0.615. The summed E-state index contributed by atoms with van der Waals surface area (Å²) in [5.74, 6) is -0.288. The summed E-state index contributed by atoms with van der Waals surface area (Å²) in [7, 11) is 3.53. The second kappa shape index (κ2) is 3.87. The number of hydrogen-bond acceptors (Lipinski definition) is 3. The van der Waals surface area contributed by atoms with E-state index < -0.39 is 0 Å². The molecule has 0 spiro atoms. The number of amides is 1. The zero-order valence-corrected chi connectivity index (χ0v) is 7.62. The maximum absolute atomic E-state index is 11.0. The minimum atomic E-state index is -0.288. The molecule has 0 aromatic carbocycles. The van der Waals surface area contributed by atoms with Gasteiger partial charge in [-0.05, 0) is 26.4 Å². The van der Waals surface area contributed by atoms with E-state index in [1.54, 1.807) is 7.11 Å². The summed E-state index contributed by atoms with van der Waals surface area (Å²) in [6, 6.07) is -0.247. The number of primary amides is 1. The minimum Gasteiger partial charge on any atom is -0.379 e. The Hall–Kier alpha value is -0.610. The number of likely N-dealkylation sites (N-methyl/N-ethyl adjacent to an activating group) is 1. The molecule has 0 bridgehead atoms. The lowest BCUT2D eigenvalue weighted by Gasteiger charge is -2.35. The molecule has 1 heterocycles. The van der Waals surface area contributed by atoms with Crippen LogP contribution in [0, 0.1) is 0 Å². The van der Waals surface area contributed by atoms with Gasteiger partial charge >= 0.3 is 0 Å². The zero-order chi connectivity index (χ0) is 9.14. The number of carbonyl (C=O) groups is 1. The molecule has 1 amide bonds. The molecule has 0 radical (unpaired) electrons. The summed E-state index contributed by atoms with van der Waals surface area (Å²) in [6.07, 6.45) is 1.97. The third-order valence-electron chi connectivity index (χ3n) is 2.42. The van der Waals surface area contributed by atoms with E-state index in [4.69, 9.17) is 10.5 Å². The van der Waals surface area contributed by atoms with Crippen molar-refractivity contribution in [3.63, 3.8) is 0 Å². The summed E-state index contributed by atoms with van der Waals surface area (Å²) in [5.41, 5.74) is 5.26. The van der Waals surface area contributed by atoms with Crippen LogP contribution in [-0.4, -0.2) is 43.7 Å². The highest BCUT2D eigenvalue weighted by molar-refractivity contribution is 5.80. The van der Waals surface area contributed by atoms with Crippen LogP contribution in [0.2, 0.25) is 0 Å². The lowest BCUT2D eigenvalue weighted by molar-refractivity contribution is -0.130. The standard InChI is InChI=1S/C8H16N2O2/c1-10-5-3-4-6(12-2)7(10)8(9)11/h6-7H,3-5H2,1-2H3,(H2,9,11). The van der Waals surface area contributed by atoms with E-state index in [1.165, 1.54) is 0 Å². The van der Waals surface area contributed by atoms with E-state index in [2.05, 4.69) is 0 Å². The molecule has 2 unspecified atom stereocenters. The van der Waals surface area contributed by atoms with Gasteiger partial charge in [0.2, 0.25) is 5.91 Å². The van der Waals surface area contributed by atoms with Crippen LogP contribution in [0.5, 0.6) is 0 Å². The van der Waals surface area contributed by atoms with Crippen LogP contribution in [0.3, 0.4) is 0 Å². The largest absolute Gasteiger partial charge is 0.379 e. The Kier molecular flexibility index (Phi) is 3.05. The van der Waals surface area contributed by atoms with Gasteiger partial charge in [0.15, 0.2) is 0 Å². The lowest BCUT2D eigenvalue weighted by Crippen LogP contribution is -2.54. The van der Waals surface area contributed by atoms with Crippen molar-refractivity contribution in [1.29, 1.82) is 0 Å². The number of piperidine rings is 1. The van der Waals surface area contributed by atoms with E-state index in [0.717, 1.165) is 19.4 Å². The monoisotopic (exact) mass is 172 g/mol. The van der Waals surface area contributed by atoms with Gasteiger partial charge < -0.3 is 10.5 Å². The van der Waals surface area contributed by atoms with Crippen LogP contribution < -0.4 is 5.73 Å². The Balaban J connectivity index is 2.66. The number of ether oxygens (including phenoxy) is 1. The van der Waals surface area contributed by atoms with E-state index >= 15 is 0 Å². The summed E-state index contributed by atoms with van der Waals surface area (Å²) in [5, 5.41) is 0. The van der Waals surface area contributed by atoms with Gasteiger partial charge in [-0.1, -0.05) is 0 Å². The van der Waals surface area contributed by atoms with Crippen LogP contribution in [0.15, 0.2) is 0 Å². The third-order valence-corrected chi connectivity index (χ3v) is 2.42. The van der Waals surface area contributed by atoms with Crippen molar-refractivity contribution in [2.75, 3.05) is 20.7 Å². The molecule has 1 rings (SSSR count). The Morgan fingerprint density at radius 3 is 2.75 bits per heavy atom. The maximum Gasteiger partial charge on any atom is 0.237 e. The van der Waals surface area contributed by atoms with Gasteiger partial charge in [-0.3, -0.25) is 9.69 Å². The average molecular weight is 172 g/mol. The molecular formula is C8H16N2O2. The number of nitrogens with zero attached hydrogens (tertiary/aromatic N) is 1. The van der Waals surface area contributed by atoms with Crippen molar-refractivity contribution in [2.24, 2.45) is 5.73 Å². The second-order valence-corrected chi connectivity index (χ2v) is 3.24. The van der Waals surface area contributed by atoms with Crippen LogP contribution in [0.4, 0.5) is 0 Å². The smallest absolute Gasteiger partial charge is 0.237 e. The molecule has 2 atom stereocenters. The van der Waals surface area contributed by atoms with E-state index in [0.29, 0.717) is 0 Å². The van der Waals surface area contributed by atoms with Gasteiger partial charge in [0.05, 0.1) is 6.10 Å². The summed E-state index contributed by atoms with van der Waals surface area (Å²) in [6.45, 7) is 0.924. The van der Waals surface area contributed by atoms with Crippen LogP contribution in [0.25, 0.3) is 0 Å². The molecule has 0 saturated carbocycles. The number of likely N-dealkylation sites (tertiary alicyclic amines) is 1. The predicted octanol–water partition coefficient (Wildman–Crippen LogP) is -0.419. The molecule has 1 aliphatic heterocycles. The molecule has 2 N–H and O–H groups in total. The van der Waals surface area contributed by atoms with Crippen molar-refractivity contribution in [3.8, 4) is 0 Å². The van der Waals surface area contributed by atoms with Crippen LogP contribution in [0.1, 0.15) is 12.8 Å². The summed E-state index contributed by atoms with van der Waals surface area (Å²) < 4.78 is 5.19. The summed E-state index contributed by atoms with van der Waals surface area (Å²) in [4.78, 5) is 13.0. The van der Waals surface area contributed by atoms with Crippen molar-refractivity contribution in [3.05, 3.63) is 0 Å². The van der Waals surface area contributed by atoms with Gasteiger partial charge in [-0.15, -0.1) is 0 Å². The van der Waals surface area contributed by atoms with Crippen molar-refractivity contribution in [2.45, 2.75) is 25.0 Å². The Morgan fingerprint density at radius 1 is 1.67 bits per heavy atom. The molecule has 1 saturated heterocycles. The van der Waals surface area contributed by atoms with Crippen molar-refractivity contribution < 1.29 is 9.53 Å². The summed E-state index contributed by atoms with van der Waals surface area (Å²) >= 11 is 0. The Bertz CT molecular complexity index is 172. The molecule has 1 fully saturated rings. The SMILES string of the molecule is COC1CCCN(C)C1C(N)=O. The highest BCUT2D eigenvalue weighted by Crippen LogP contribution is 2.17. The Morgan fingerprint density at radius 2 is 2.33 bits per heavy atom. The lowest BCUT2D eigenvalue weighted by atomic mass is 9.99. The first kappa shape index (κ1) is 9.48. The van der Waals surface area contributed by atoms with Gasteiger partial charge in [-0.2, -0.15) is 0 Å². The number of carbonyl (C=O) groups excluding carboxylic acids is 1. The van der Waals surface area contributed by atoms with E-state index in [-0.39, 0.29) is 18.1 Å². The molecule has 4 nitrogen and oxygen atoms in total. The third kappa shape index (κ3) is 1.76. The average Bonchev–Trinajstić information content (AvgIpc) is 2.03. The number of methoxy groups -OCH3 is 1. The fourth-order valence-corrected chi connectivity index (χ4v) is 1.77. The van der Waals surface area contributed by atoms with Gasteiger partial charge in [-0.25, -0.2) is 0 Å². The molecule has 4 heteroatoms. The minimum absolute atomic E-state index is 0.0266. The highest BCUT2D eigenvalue weighted by atomic mass is 16.5. The van der Waals surface area contributed by atoms with E-state index in [9.17, 15) is 4.79 Å². The molecule has 1 aliphatic rings. The predicted molar refractivity (Wildman–Crippen MR) is 45.6 cm³/mol. The normalized spacial score (nSPS) is 31.8. The highest BCUT2D eigenvalue weighted by Gasteiger charge is 2.33. The molecule has 0 aliphatic carbocycles. The first-order chi connectivity index (χ1) is 5.66. The molecule has 70 valence electrons. The molecule has 0 aromatic rings. The Labute approximate surface area is 72.7 Å². The van der Waals surface area contributed by atoms with Gasteiger partial charge in [0, 0.05) is 7.11 Å². The van der Waals surface area contributed by atoms with Crippen molar-refractivity contribution in [1.82, 2.24) is 4.90 Å². The number of nitrogens with two attached hydrogens (primary N) is 1. The van der Waals surface area contributed by atoms with Crippen LogP contribution >= 0.6 is 0 Å². The topological polar surface area (TPSA) is 55.6 Å². The zero-order valence-electron chi connectivity index (χ0n) is 7.62. The first-order valence-corrected chi connectivity index (χ1v) is 4.19. The fraction of sp³-hybridized carbons (Fsp3) is 0.875. The van der Waals surface area contributed by atoms with E-state index in [1.807, 2.05) is 11.9 Å². The fourth-order valence-electron chi connectivity index (χ4n) is 1.77. The molecular weight excluding hydrogens is 156 g/mol. The molecule has 0 aromatic heterocycles. The van der Waals surface area contributed by atoms with Gasteiger partial charge in [0.25, 0.3) is 0 Å². The van der Waals surface area contributed by atoms with Crippen LogP contribution in [-0.2, 0) is 9.53 Å². The van der Waals surface area contributed by atoms with Crippen molar-refractivity contribution >= 4 is 5.91 Å². The number of hydrogen-bond donors (Lipinski definition) is 1.